The van der Waals surface area contributed by atoms with Crippen molar-refractivity contribution in [3.63, 3.8) is 0 Å². The molecule has 0 saturated heterocycles. The molecule has 116 valence electrons. The highest BCUT2D eigenvalue weighted by Gasteiger charge is 2.17. The molecule has 0 spiro atoms. The molecule has 2 aromatic heterocycles. The van der Waals surface area contributed by atoms with Gasteiger partial charge in [-0.1, -0.05) is 18.2 Å². The summed E-state index contributed by atoms with van der Waals surface area (Å²) in [5.74, 6) is -0.0783. The van der Waals surface area contributed by atoms with E-state index in [1.807, 2.05) is 36.4 Å². The molecule has 3 aromatic rings. The zero-order valence-corrected chi connectivity index (χ0v) is 12.7. The maximum atomic E-state index is 12.1. The number of pyridine rings is 1. The molecule has 0 aliphatic carbocycles. The molecule has 0 fully saturated rings. The Morgan fingerprint density at radius 1 is 1.13 bits per heavy atom. The fourth-order valence-electron chi connectivity index (χ4n) is 2.15. The van der Waals surface area contributed by atoms with Crippen LogP contribution in [0.25, 0.3) is 11.0 Å². The summed E-state index contributed by atoms with van der Waals surface area (Å²) in [6.45, 7) is 2.54. The molecule has 0 bridgehead atoms. The molecule has 2 heterocycles. The quantitative estimate of drug-likeness (QED) is 0.730. The molecule has 0 atom stereocenters. The summed E-state index contributed by atoms with van der Waals surface area (Å²) in [7, 11) is 0. The number of anilines is 1. The van der Waals surface area contributed by atoms with Crippen molar-refractivity contribution in [2.75, 3.05) is 11.9 Å². The van der Waals surface area contributed by atoms with Gasteiger partial charge >= 0.3 is 5.97 Å². The zero-order valence-electron chi connectivity index (χ0n) is 12.7. The molecule has 0 unspecified atom stereocenters. The Morgan fingerprint density at radius 2 is 1.91 bits per heavy atom. The van der Waals surface area contributed by atoms with Crippen molar-refractivity contribution < 1.29 is 9.53 Å². The molecule has 23 heavy (non-hydrogen) atoms. The maximum Gasteiger partial charge on any atom is 0.360 e. The molecule has 0 aliphatic heterocycles. The van der Waals surface area contributed by atoms with Crippen molar-refractivity contribution in [1.29, 1.82) is 0 Å². The number of nitrogens with one attached hydrogen (secondary N) is 1. The zero-order chi connectivity index (χ0) is 16.1. The minimum atomic E-state index is -0.487. The number of hydrogen-bond donors (Lipinski definition) is 1. The van der Waals surface area contributed by atoms with Crippen LogP contribution in [0.3, 0.4) is 0 Å². The van der Waals surface area contributed by atoms with E-state index in [0.29, 0.717) is 23.4 Å². The van der Waals surface area contributed by atoms with Gasteiger partial charge in [0.15, 0.2) is 11.5 Å². The number of esters is 1. The molecule has 1 aromatic carbocycles. The average molecular weight is 308 g/mol. The van der Waals surface area contributed by atoms with Gasteiger partial charge in [0.2, 0.25) is 0 Å². The Balaban J connectivity index is 1.95. The van der Waals surface area contributed by atoms with Crippen LogP contribution in [0, 0.1) is 0 Å². The topological polar surface area (TPSA) is 77.0 Å². The summed E-state index contributed by atoms with van der Waals surface area (Å²) in [5, 5.41) is 3.15. The Morgan fingerprint density at radius 3 is 2.61 bits per heavy atom. The molecule has 6 nitrogen and oxygen atoms in total. The number of aromatic nitrogens is 3. The number of rotatable bonds is 5. The van der Waals surface area contributed by atoms with Crippen LogP contribution in [0.1, 0.15) is 23.0 Å². The molecular formula is C17H16N4O2. The van der Waals surface area contributed by atoms with Crippen molar-refractivity contribution in [2.24, 2.45) is 0 Å². The van der Waals surface area contributed by atoms with Gasteiger partial charge in [0, 0.05) is 18.9 Å². The van der Waals surface area contributed by atoms with E-state index in [2.05, 4.69) is 20.3 Å². The standard InChI is InChI=1S/C17H16N4O2/c1-2-23-17(22)15-16(19-11-12-6-5-9-18-10-12)21-14-8-4-3-7-13(14)20-15/h3-10H,2,11H2,1H3,(H,19,21). The first kappa shape index (κ1) is 14.9. The number of nitrogens with zero attached hydrogens (tertiary/aromatic N) is 3. The smallest absolute Gasteiger partial charge is 0.360 e. The van der Waals surface area contributed by atoms with Crippen LogP contribution in [0.15, 0.2) is 48.8 Å². The number of hydrogen-bond acceptors (Lipinski definition) is 6. The van der Waals surface area contributed by atoms with E-state index in [1.54, 1.807) is 19.3 Å². The van der Waals surface area contributed by atoms with Crippen molar-refractivity contribution in [3.8, 4) is 0 Å². The fraction of sp³-hybridized carbons (Fsp3) is 0.176. The minimum absolute atomic E-state index is 0.189. The van der Waals surface area contributed by atoms with Crippen molar-refractivity contribution >= 4 is 22.8 Å². The fourth-order valence-corrected chi connectivity index (χ4v) is 2.15. The van der Waals surface area contributed by atoms with Crippen LogP contribution < -0.4 is 5.32 Å². The van der Waals surface area contributed by atoms with Crippen molar-refractivity contribution in [2.45, 2.75) is 13.5 Å². The number of fused-ring (bicyclic) bond motifs is 1. The van der Waals surface area contributed by atoms with Gasteiger partial charge in [-0.15, -0.1) is 0 Å². The Labute approximate surface area is 133 Å². The van der Waals surface area contributed by atoms with E-state index in [9.17, 15) is 4.79 Å². The van der Waals surface area contributed by atoms with Crippen LogP contribution in [-0.4, -0.2) is 27.5 Å². The first-order valence-electron chi connectivity index (χ1n) is 7.34. The van der Waals surface area contributed by atoms with E-state index < -0.39 is 5.97 Å². The minimum Gasteiger partial charge on any atom is -0.461 e. The van der Waals surface area contributed by atoms with E-state index in [0.717, 1.165) is 5.56 Å². The second-order valence-corrected chi connectivity index (χ2v) is 4.84. The lowest BCUT2D eigenvalue weighted by molar-refractivity contribution is 0.0521. The number of para-hydroxylation sites is 2. The number of ether oxygens (including phenoxy) is 1. The number of carbonyl (C=O) groups is 1. The van der Waals surface area contributed by atoms with Gasteiger partial charge < -0.3 is 10.1 Å². The van der Waals surface area contributed by atoms with Gasteiger partial charge in [0.25, 0.3) is 0 Å². The molecule has 0 amide bonds. The summed E-state index contributed by atoms with van der Waals surface area (Å²) >= 11 is 0. The lowest BCUT2D eigenvalue weighted by Crippen LogP contribution is -2.14. The van der Waals surface area contributed by atoms with Crippen LogP contribution in [0.2, 0.25) is 0 Å². The van der Waals surface area contributed by atoms with E-state index in [-0.39, 0.29) is 12.3 Å². The van der Waals surface area contributed by atoms with Crippen LogP contribution >= 0.6 is 0 Å². The van der Waals surface area contributed by atoms with E-state index >= 15 is 0 Å². The highest BCUT2D eigenvalue weighted by Crippen LogP contribution is 2.18. The molecule has 3 rings (SSSR count). The summed E-state index contributed by atoms with van der Waals surface area (Å²) < 4.78 is 5.08. The van der Waals surface area contributed by atoms with Gasteiger partial charge in [0.1, 0.15) is 0 Å². The Bertz CT molecular complexity index is 821. The highest BCUT2D eigenvalue weighted by atomic mass is 16.5. The third kappa shape index (κ3) is 3.42. The largest absolute Gasteiger partial charge is 0.461 e. The molecule has 1 N–H and O–H groups in total. The second-order valence-electron chi connectivity index (χ2n) is 4.84. The normalized spacial score (nSPS) is 10.5. The van der Waals surface area contributed by atoms with E-state index in [4.69, 9.17) is 4.74 Å². The summed E-state index contributed by atoms with van der Waals surface area (Å²) in [6.07, 6.45) is 3.47. The third-order valence-electron chi connectivity index (χ3n) is 3.22. The number of benzene rings is 1. The van der Waals surface area contributed by atoms with Crippen molar-refractivity contribution in [3.05, 3.63) is 60.0 Å². The van der Waals surface area contributed by atoms with Crippen LogP contribution in [0.5, 0.6) is 0 Å². The third-order valence-corrected chi connectivity index (χ3v) is 3.22. The monoisotopic (exact) mass is 308 g/mol. The number of carbonyl (C=O) groups excluding carboxylic acids is 1. The molecule has 0 aliphatic rings. The average Bonchev–Trinajstić information content (AvgIpc) is 2.60. The molecule has 0 saturated carbocycles. The first-order valence-corrected chi connectivity index (χ1v) is 7.34. The lowest BCUT2D eigenvalue weighted by atomic mass is 10.2. The predicted molar refractivity (Wildman–Crippen MR) is 87.1 cm³/mol. The van der Waals surface area contributed by atoms with Gasteiger partial charge in [-0.2, -0.15) is 0 Å². The van der Waals surface area contributed by atoms with Gasteiger partial charge in [-0.05, 0) is 30.7 Å². The Kier molecular flexibility index (Phi) is 4.42. The summed E-state index contributed by atoms with van der Waals surface area (Å²) in [5.41, 5.74) is 2.54. The lowest BCUT2D eigenvalue weighted by Gasteiger charge is -2.11. The first-order chi connectivity index (χ1) is 11.3. The maximum absolute atomic E-state index is 12.1. The van der Waals surface area contributed by atoms with Gasteiger partial charge in [-0.3, -0.25) is 4.98 Å². The van der Waals surface area contributed by atoms with Gasteiger partial charge in [-0.25, -0.2) is 14.8 Å². The summed E-state index contributed by atoms with van der Waals surface area (Å²) in [6, 6.07) is 11.2. The van der Waals surface area contributed by atoms with E-state index in [1.165, 1.54) is 0 Å². The predicted octanol–water partition coefficient (Wildman–Crippen LogP) is 2.81. The SMILES string of the molecule is CCOC(=O)c1nc2ccccc2nc1NCc1cccnc1. The second kappa shape index (κ2) is 6.83. The van der Waals surface area contributed by atoms with Crippen molar-refractivity contribution in [1.82, 2.24) is 15.0 Å². The highest BCUT2D eigenvalue weighted by molar-refractivity contribution is 5.95. The van der Waals surface area contributed by atoms with Gasteiger partial charge in [0.05, 0.1) is 17.6 Å². The summed E-state index contributed by atoms with van der Waals surface area (Å²) in [4.78, 5) is 25.1. The van der Waals surface area contributed by atoms with Crippen LogP contribution in [0.4, 0.5) is 5.82 Å². The molecular weight excluding hydrogens is 292 g/mol. The van der Waals surface area contributed by atoms with Crippen LogP contribution in [-0.2, 0) is 11.3 Å². The Hall–Kier alpha value is -3.02. The molecule has 6 heteroatoms. The molecule has 0 radical (unpaired) electrons.